The first-order chi connectivity index (χ1) is 13.3. The Labute approximate surface area is 174 Å². The van der Waals surface area contributed by atoms with Gasteiger partial charge < -0.3 is 9.64 Å². The molecule has 0 bridgehead atoms. The average molecular weight is 402 g/mol. The van der Waals surface area contributed by atoms with Crippen LogP contribution in [0.4, 0.5) is 0 Å². The van der Waals surface area contributed by atoms with E-state index in [-0.39, 0.29) is 17.4 Å². The predicted octanol–water partition coefficient (Wildman–Crippen LogP) is 6.51. The van der Waals surface area contributed by atoms with E-state index >= 15 is 0 Å². The molecule has 0 saturated heterocycles. The Bertz CT molecular complexity index is 770. The number of thiophene rings is 1. The van der Waals surface area contributed by atoms with Crippen molar-refractivity contribution in [2.75, 3.05) is 13.6 Å². The summed E-state index contributed by atoms with van der Waals surface area (Å²) in [6.07, 6.45) is 8.84. The van der Waals surface area contributed by atoms with E-state index in [0.717, 1.165) is 31.1 Å². The molecule has 0 aliphatic heterocycles. The van der Waals surface area contributed by atoms with Crippen LogP contribution in [0.1, 0.15) is 65.7 Å². The largest absolute Gasteiger partial charge is 0.490 e. The quantitative estimate of drug-likeness (QED) is 0.529. The van der Waals surface area contributed by atoms with Crippen LogP contribution in [-0.2, 0) is 4.79 Å². The molecule has 1 aromatic carbocycles. The van der Waals surface area contributed by atoms with E-state index < -0.39 is 0 Å². The first-order valence-electron chi connectivity index (χ1n) is 10.7. The van der Waals surface area contributed by atoms with Crippen LogP contribution in [0, 0.1) is 11.3 Å². The summed E-state index contributed by atoms with van der Waals surface area (Å²) in [5.74, 6) is 1.94. The summed E-state index contributed by atoms with van der Waals surface area (Å²) in [7, 11) is 1.92. The van der Waals surface area contributed by atoms with Crippen molar-refractivity contribution >= 4 is 27.3 Å². The topological polar surface area (TPSA) is 29.5 Å². The predicted molar refractivity (Wildman–Crippen MR) is 119 cm³/mol. The van der Waals surface area contributed by atoms with Crippen LogP contribution >= 0.6 is 11.3 Å². The lowest BCUT2D eigenvalue weighted by Crippen LogP contribution is -2.39. The van der Waals surface area contributed by atoms with Gasteiger partial charge in [0.25, 0.3) is 0 Å². The lowest BCUT2D eigenvalue weighted by molar-refractivity contribution is -0.138. The van der Waals surface area contributed by atoms with Gasteiger partial charge in [0.1, 0.15) is 11.9 Å². The van der Waals surface area contributed by atoms with Gasteiger partial charge in [0.15, 0.2) is 0 Å². The van der Waals surface area contributed by atoms with Crippen molar-refractivity contribution in [3.8, 4) is 5.75 Å². The van der Waals surface area contributed by atoms with Crippen molar-refractivity contribution in [2.24, 2.45) is 11.3 Å². The standard InChI is InChI=1S/C24H35NO2S/c1-24(2,3)23(26)25(4)15-13-19(17-18-9-6-5-7-10-18)27-21-11-8-12-22-20(21)14-16-28-22/h8,11-12,14,16,18-19H,5-7,9-10,13,15,17H2,1-4H3. The molecule has 3 rings (SSSR count). The summed E-state index contributed by atoms with van der Waals surface area (Å²) in [5.41, 5.74) is -0.337. The average Bonchev–Trinajstić information content (AvgIpc) is 3.15. The van der Waals surface area contributed by atoms with Gasteiger partial charge in [-0.3, -0.25) is 4.79 Å². The molecular formula is C24H35NO2S. The number of amides is 1. The molecule has 28 heavy (non-hydrogen) atoms. The maximum atomic E-state index is 12.6. The first-order valence-corrected chi connectivity index (χ1v) is 11.6. The molecule has 1 heterocycles. The molecule has 0 N–H and O–H groups in total. The number of fused-ring (bicyclic) bond motifs is 1. The highest BCUT2D eigenvalue weighted by Gasteiger charge is 2.26. The summed E-state index contributed by atoms with van der Waals surface area (Å²) in [5, 5.41) is 3.34. The number of nitrogens with zero attached hydrogens (tertiary/aromatic N) is 1. The third-order valence-electron chi connectivity index (χ3n) is 5.85. The van der Waals surface area contributed by atoms with Crippen molar-refractivity contribution < 1.29 is 9.53 Å². The minimum absolute atomic E-state index is 0.156. The Morgan fingerprint density at radius 1 is 1.21 bits per heavy atom. The van der Waals surface area contributed by atoms with Crippen molar-refractivity contribution in [3.05, 3.63) is 29.6 Å². The monoisotopic (exact) mass is 401 g/mol. The Morgan fingerprint density at radius 2 is 1.96 bits per heavy atom. The maximum absolute atomic E-state index is 12.6. The molecule has 3 nitrogen and oxygen atoms in total. The molecule has 1 fully saturated rings. The van der Waals surface area contributed by atoms with Gasteiger partial charge >= 0.3 is 0 Å². The van der Waals surface area contributed by atoms with Crippen molar-refractivity contribution in [2.45, 2.75) is 71.8 Å². The lowest BCUT2D eigenvalue weighted by Gasteiger charge is -2.30. The second kappa shape index (κ2) is 9.30. The minimum Gasteiger partial charge on any atom is -0.490 e. The molecular weight excluding hydrogens is 366 g/mol. The maximum Gasteiger partial charge on any atom is 0.227 e. The zero-order valence-electron chi connectivity index (χ0n) is 17.9. The van der Waals surface area contributed by atoms with Crippen LogP contribution in [-0.4, -0.2) is 30.5 Å². The molecule has 1 aliphatic rings. The lowest BCUT2D eigenvalue weighted by atomic mass is 9.85. The molecule has 0 radical (unpaired) electrons. The number of rotatable bonds is 7. The minimum atomic E-state index is -0.337. The number of ether oxygens (including phenoxy) is 1. The molecule has 1 unspecified atom stereocenters. The molecule has 0 spiro atoms. The fourth-order valence-electron chi connectivity index (χ4n) is 4.28. The van der Waals surface area contributed by atoms with E-state index in [2.05, 4.69) is 29.6 Å². The normalized spacial score (nSPS) is 16.9. The van der Waals surface area contributed by atoms with E-state index in [1.807, 2.05) is 32.7 Å². The number of carbonyl (C=O) groups is 1. The highest BCUT2D eigenvalue weighted by molar-refractivity contribution is 7.17. The molecule has 154 valence electrons. The van der Waals surface area contributed by atoms with E-state index in [4.69, 9.17) is 4.74 Å². The fraction of sp³-hybridized carbons (Fsp3) is 0.625. The fourth-order valence-corrected chi connectivity index (χ4v) is 5.08. The summed E-state index contributed by atoms with van der Waals surface area (Å²) in [4.78, 5) is 14.4. The third kappa shape index (κ3) is 5.50. The van der Waals surface area contributed by atoms with Gasteiger partial charge in [-0.25, -0.2) is 0 Å². The van der Waals surface area contributed by atoms with Gasteiger partial charge in [-0.15, -0.1) is 11.3 Å². The second-order valence-electron chi connectivity index (χ2n) is 9.33. The van der Waals surface area contributed by atoms with E-state index in [1.54, 1.807) is 11.3 Å². The Balaban J connectivity index is 1.69. The molecule has 1 aliphatic carbocycles. The van der Waals surface area contributed by atoms with Gasteiger partial charge in [0, 0.05) is 35.5 Å². The van der Waals surface area contributed by atoms with E-state index in [1.165, 1.54) is 42.2 Å². The number of hydrogen-bond donors (Lipinski definition) is 0. The van der Waals surface area contributed by atoms with Crippen molar-refractivity contribution in [3.63, 3.8) is 0 Å². The van der Waals surface area contributed by atoms with Crippen LogP contribution in [0.25, 0.3) is 10.1 Å². The Hall–Kier alpha value is -1.55. The van der Waals surface area contributed by atoms with Gasteiger partial charge in [0.2, 0.25) is 5.91 Å². The molecule has 4 heteroatoms. The third-order valence-corrected chi connectivity index (χ3v) is 6.73. The van der Waals surface area contributed by atoms with Crippen molar-refractivity contribution in [1.29, 1.82) is 0 Å². The van der Waals surface area contributed by atoms with Crippen LogP contribution in [0.5, 0.6) is 5.75 Å². The smallest absolute Gasteiger partial charge is 0.227 e. The zero-order valence-corrected chi connectivity index (χ0v) is 18.7. The summed E-state index contributed by atoms with van der Waals surface area (Å²) in [6, 6.07) is 8.48. The van der Waals surface area contributed by atoms with E-state index in [0.29, 0.717) is 0 Å². The number of hydrogen-bond acceptors (Lipinski definition) is 3. The molecule has 2 aromatic rings. The summed E-state index contributed by atoms with van der Waals surface area (Å²) < 4.78 is 7.85. The number of benzene rings is 1. The summed E-state index contributed by atoms with van der Waals surface area (Å²) in [6.45, 7) is 6.70. The van der Waals surface area contributed by atoms with Gasteiger partial charge in [-0.2, -0.15) is 0 Å². The molecule has 1 saturated carbocycles. The zero-order chi connectivity index (χ0) is 20.1. The van der Waals surface area contributed by atoms with Crippen LogP contribution < -0.4 is 4.74 Å². The first kappa shape index (κ1) is 21.2. The van der Waals surface area contributed by atoms with E-state index in [9.17, 15) is 4.79 Å². The number of carbonyl (C=O) groups excluding carboxylic acids is 1. The summed E-state index contributed by atoms with van der Waals surface area (Å²) >= 11 is 1.76. The molecule has 1 amide bonds. The van der Waals surface area contributed by atoms with Crippen LogP contribution in [0.2, 0.25) is 0 Å². The molecule has 1 atom stereocenters. The Kier molecular flexibility index (Phi) is 7.03. The highest BCUT2D eigenvalue weighted by atomic mass is 32.1. The van der Waals surface area contributed by atoms with Gasteiger partial charge in [-0.1, -0.05) is 58.9 Å². The van der Waals surface area contributed by atoms with Gasteiger partial charge in [-0.05, 0) is 35.9 Å². The second-order valence-corrected chi connectivity index (χ2v) is 10.3. The van der Waals surface area contributed by atoms with Crippen LogP contribution in [0.3, 0.4) is 0 Å². The van der Waals surface area contributed by atoms with Crippen LogP contribution in [0.15, 0.2) is 29.6 Å². The highest BCUT2D eigenvalue weighted by Crippen LogP contribution is 2.33. The SMILES string of the molecule is CN(CCC(CC1CCCCC1)Oc1cccc2sccc12)C(=O)C(C)(C)C. The van der Waals surface area contributed by atoms with Crippen molar-refractivity contribution in [1.82, 2.24) is 4.90 Å². The van der Waals surface area contributed by atoms with Gasteiger partial charge in [0.05, 0.1) is 0 Å². The molecule has 1 aromatic heterocycles. The Morgan fingerprint density at radius 3 is 2.68 bits per heavy atom.